The van der Waals surface area contributed by atoms with E-state index in [1.54, 1.807) is 12.1 Å². The number of thiazole rings is 1. The van der Waals surface area contributed by atoms with Crippen molar-refractivity contribution in [1.29, 1.82) is 0 Å². The van der Waals surface area contributed by atoms with Crippen LogP contribution >= 0.6 is 11.3 Å². The van der Waals surface area contributed by atoms with Crippen molar-refractivity contribution in [2.75, 3.05) is 11.9 Å². The fourth-order valence-electron chi connectivity index (χ4n) is 6.56. The molecule has 2 saturated carbocycles. The van der Waals surface area contributed by atoms with Gasteiger partial charge in [-0.05, 0) is 69.7 Å². The number of allylic oxidation sites excluding steroid dienone is 1. The van der Waals surface area contributed by atoms with Crippen molar-refractivity contribution < 1.29 is 36.7 Å². The van der Waals surface area contributed by atoms with Gasteiger partial charge in [0.25, 0.3) is 5.91 Å². The summed E-state index contributed by atoms with van der Waals surface area (Å²) in [6, 6.07) is 4.18. The van der Waals surface area contributed by atoms with Gasteiger partial charge in [-0.3, -0.25) is 23.9 Å². The van der Waals surface area contributed by atoms with Crippen LogP contribution in [0.4, 0.5) is 9.52 Å². The number of halogens is 1. The molecule has 5 atom stereocenters. The number of carbonyl (C=O) groups excluding carboxylic acids is 4. The highest BCUT2D eigenvalue weighted by molar-refractivity contribution is 7.91. The van der Waals surface area contributed by atoms with Crippen molar-refractivity contribution in [1.82, 2.24) is 19.9 Å². The van der Waals surface area contributed by atoms with Crippen LogP contribution in [-0.4, -0.2) is 77.5 Å². The Balaban J connectivity index is 1.27. The van der Waals surface area contributed by atoms with Gasteiger partial charge in [0.2, 0.25) is 21.8 Å². The maximum atomic E-state index is 14.3. The molecule has 3 N–H and O–H groups in total. The molecule has 3 amide bonds. The zero-order chi connectivity index (χ0) is 34.2. The molecule has 12 nitrogen and oxygen atoms in total. The number of sulfonamides is 1. The number of esters is 1. The minimum Gasteiger partial charge on any atom is -0.461 e. The van der Waals surface area contributed by atoms with E-state index in [4.69, 9.17) is 9.72 Å². The Labute approximate surface area is 282 Å². The summed E-state index contributed by atoms with van der Waals surface area (Å²) in [5, 5.41) is 5.99. The number of hydrogen-bond donors (Lipinski definition) is 3. The molecule has 3 heterocycles. The molecular weight excluding hydrogens is 662 g/mol. The Hall–Kier alpha value is -3.85. The van der Waals surface area contributed by atoms with E-state index in [2.05, 4.69) is 15.4 Å². The van der Waals surface area contributed by atoms with Crippen molar-refractivity contribution in [3.8, 4) is 11.3 Å². The van der Waals surface area contributed by atoms with Crippen LogP contribution in [0.3, 0.4) is 0 Å². The number of ether oxygens (including phenoxy) is 1. The number of benzene rings is 1. The standard InChI is InChI=1S/C33H40FN5O7S2/c1-19-28(21-10-12-23(34)13-11-21)36-32(47-19)35-26-9-7-5-3-4-6-8-22-17-33(22,31(43)38-48(44,45)25-14-15-25)37-29(41)27-16-24(46-20(2)40)18-39(27)30(26)42/h6,8,10-13,22,24-27H,3-5,7,9,14-18H2,1-2H3,(H,35,36)(H,37,41)(H,38,43)/b8-6-/t22-,24+,26-,27-,33+/m0/s1. The number of aromatic nitrogens is 1. The average Bonchev–Trinajstić information content (AvgIpc) is 3.93. The largest absolute Gasteiger partial charge is 0.461 e. The Kier molecular flexibility index (Phi) is 9.62. The zero-order valence-electron chi connectivity index (χ0n) is 26.9. The van der Waals surface area contributed by atoms with Gasteiger partial charge in [0.15, 0.2) is 5.13 Å². The number of fused-ring (bicyclic) bond motifs is 2. The van der Waals surface area contributed by atoms with E-state index in [0.29, 0.717) is 36.5 Å². The van der Waals surface area contributed by atoms with Gasteiger partial charge in [-0.1, -0.05) is 25.0 Å². The summed E-state index contributed by atoms with van der Waals surface area (Å²) in [6.07, 6.45) is 7.79. The lowest BCUT2D eigenvalue weighted by molar-refractivity contribution is -0.146. The third-order valence-electron chi connectivity index (χ3n) is 9.39. The van der Waals surface area contributed by atoms with Crippen molar-refractivity contribution in [2.45, 2.75) is 101 Å². The first-order valence-corrected chi connectivity index (χ1v) is 18.7. The third kappa shape index (κ3) is 7.41. The number of anilines is 1. The Morgan fingerprint density at radius 3 is 2.58 bits per heavy atom. The Morgan fingerprint density at radius 2 is 1.88 bits per heavy atom. The second-order valence-corrected chi connectivity index (χ2v) is 16.3. The molecule has 15 heteroatoms. The minimum atomic E-state index is -3.86. The third-order valence-corrected chi connectivity index (χ3v) is 12.1. The number of aryl methyl sites for hydroxylation is 1. The molecule has 0 spiro atoms. The molecule has 1 saturated heterocycles. The summed E-state index contributed by atoms with van der Waals surface area (Å²) in [5.41, 5.74) is -0.0727. The molecule has 2 aliphatic carbocycles. The molecule has 4 aliphatic rings. The van der Waals surface area contributed by atoms with E-state index in [-0.39, 0.29) is 31.1 Å². The van der Waals surface area contributed by atoms with Crippen LogP contribution in [0.25, 0.3) is 11.3 Å². The van der Waals surface area contributed by atoms with Crippen LogP contribution in [0.2, 0.25) is 0 Å². The van der Waals surface area contributed by atoms with Gasteiger partial charge in [0, 0.05) is 29.7 Å². The minimum absolute atomic E-state index is 0.0214. The van der Waals surface area contributed by atoms with E-state index in [1.165, 1.54) is 35.3 Å². The lowest BCUT2D eigenvalue weighted by Gasteiger charge is -2.29. The van der Waals surface area contributed by atoms with Crippen LogP contribution in [0.5, 0.6) is 0 Å². The summed E-state index contributed by atoms with van der Waals surface area (Å²) in [6.45, 7) is 3.13. The van der Waals surface area contributed by atoms with E-state index < -0.39 is 62.7 Å². The number of nitrogens with one attached hydrogen (secondary N) is 3. The first kappa shape index (κ1) is 34.0. The number of amides is 3. The number of hydrogen-bond acceptors (Lipinski definition) is 10. The predicted octanol–water partition coefficient (Wildman–Crippen LogP) is 3.57. The molecule has 258 valence electrons. The van der Waals surface area contributed by atoms with Crippen LogP contribution in [0.1, 0.15) is 69.6 Å². The van der Waals surface area contributed by atoms with Gasteiger partial charge in [0.05, 0.1) is 17.5 Å². The monoisotopic (exact) mass is 701 g/mol. The highest BCUT2D eigenvalue weighted by Gasteiger charge is 2.62. The summed E-state index contributed by atoms with van der Waals surface area (Å²) >= 11 is 1.36. The van der Waals surface area contributed by atoms with Crippen LogP contribution in [-0.2, 0) is 33.9 Å². The van der Waals surface area contributed by atoms with Gasteiger partial charge in [-0.25, -0.2) is 17.8 Å². The van der Waals surface area contributed by atoms with E-state index in [1.807, 2.05) is 19.1 Å². The number of nitrogens with zero attached hydrogens (tertiary/aromatic N) is 2. The van der Waals surface area contributed by atoms with Crippen LogP contribution in [0.15, 0.2) is 36.4 Å². The zero-order valence-corrected chi connectivity index (χ0v) is 28.5. The quantitative estimate of drug-likeness (QED) is 0.289. The van der Waals surface area contributed by atoms with Crippen molar-refractivity contribution in [2.24, 2.45) is 5.92 Å². The number of rotatable bonds is 7. The SMILES string of the molecule is CC(=O)O[C@@H]1C[C@H]2C(=O)N[C@]3(C(=O)NS(=O)(=O)C4CC4)C[C@@H]3/C=C\CCCCC[C@H](Nc3nc(-c4ccc(F)cc4)c(C)s3)C(=O)N2C1. The first-order chi connectivity index (χ1) is 22.9. The van der Waals surface area contributed by atoms with Gasteiger partial charge >= 0.3 is 5.97 Å². The number of carbonyl (C=O) groups is 4. The highest BCUT2D eigenvalue weighted by Crippen LogP contribution is 2.46. The lowest BCUT2D eigenvalue weighted by Crippen LogP contribution is -2.57. The van der Waals surface area contributed by atoms with E-state index in [0.717, 1.165) is 29.7 Å². The van der Waals surface area contributed by atoms with Gasteiger partial charge < -0.3 is 20.3 Å². The van der Waals surface area contributed by atoms with Crippen molar-refractivity contribution in [3.05, 3.63) is 47.1 Å². The highest BCUT2D eigenvalue weighted by atomic mass is 32.2. The van der Waals surface area contributed by atoms with E-state index in [9.17, 15) is 32.0 Å². The molecular formula is C33H40FN5O7S2. The van der Waals surface area contributed by atoms with Gasteiger partial charge in [-0.2, -0.15) is 0 Å². The van der Waals surface area contributed by atoms with Gasteiger partial charge in [-0.15, -0.1) is 11.3 Å². The molecule has 2 aromatic rings. The summed E-state index contributed by atoms with van der Waals surface area (Å²) in [4.78, 5) is 60.7. The molecule has 1 aromatic heterocycles. The normalized spacial score (nSPS) is 28.6. The topological polar surface area (TPSA) is 164 Å². The van der Waals surface area contributed by atoms with E-state index >= 15 is 0 Å². The predicted molar refractivity (Wildman–Crippen MR) is 177 cm³/mol. The van der Waals surface area contributed by atoms with Crippen LogP contribution in [0, 0.1) is 18.7 Å². The average molecular weight is 702 g/mol. The first-order valence-electron chi connectivity index (χ1n) is 16.4. The summed E-state index contributed by atoms with van der Waals surface area (Å²) in [5.74, 6) is -3.10. The van der Waals surface area contributed by atoms with Crippen LogP contribution < -0.4 is 15.4 Å². The summed E-state index contributed by atoms with van der Waals surface area (Å²) < 4.78 is 46.5. The Morgan fingerprint density at radius 1 is 1.12 bits per heavy atom. The lowest BCUT2D eigenvalue weighted by atomic mass is 10.1. The molecule has 0 unspecified atom stereocenters. The second-order valence-electron chi connectivity index (χ2n) is 13.1. The second kappa shape index (κ2) is 13.6. The molecule has 0 bridgehead atoms. The molecule has 0 radical (unpaired) electrons. The molecule has 1 aromatic carbocycles. The van der Waals surface area contributed by atoms with Gasteiger partial charge in [0.1, 0.15) is 29.5 Å². The maximum absolute atomic E-state index is 14.3. The molecule has 6 rings (SSSR count). The van der Waals surface area contributed by atoms with Crippen molar-refractivity contribution >= 4 is 50.2 Å². The van der Waals surface area contributed by atoms with Crippen molar-refractivity contribution in [3.63, 3.8) is 0 Å². The molecule has 3 fully saturated rings. The fraction of sp³-hybridized carbons (Fsp3) is 0.545. The molecule has 48 heavy (non-hydrogen) atoms. The fourth-order valence-corrected chi connectivity index (χ4v) is 8.82. The maximum Gasteiger partial charge on any atom is 0.302 e. The molecule has 2 aliphatic heterocycles. The Bertz CT molecular complexity index is 1730. The summed E-state index contributed by atoms with van der Waals surface area (Å²) in [7, 11) is -3.86. The smallest absolute Gasteiger partial charge is 0.302 e.